The van der Waals surface area contributed by atoms with E-state index in [2.05, 4.69) is 19.1 Å². The number of hydrogen-bond donors (Lipinski definition) is 3. The van der Waals surface area contributed by atoms with Crippen LogP contribution in [0.3, 0.4) is 0 Å². The highest BCUT2D eigenvalue weighted by molar-refractivity contribution is 6.30. The zero-order chi connectivity index (χ0) is 19.6. The van der Waals surface area contributed by atoms with Crippen LogP contribution in [0.4, 0.5) is 0 Å². The molecule has 2 rings (SSSR count). The molecule has 4 nitrogen and oxygen atoms in total. The van der Waals surface area contributed by atoms with Crippen LogP contribution in [0, 0.1) is 11.8 Å². The molecule has 1 saturated carbocycles. The fraction of sp³-hybridized carbons (Fsp3) is 0.545. The highest BCUT2D eigenvalue weighted by Crippen LogP contribution is 2.36. The smallest absolute Gasteiger partial charge is 0.120 e. The molecule has 27 heavy (non-hydrogen) atoms. The SMILES string of the molecule is CCCCC=CCC1C(O)CC(O)C1C=CC(O)COc1cccc(Cl)c1. The third-order valence-corrected chi connectivity index (χ3v) is 5.22. The van der Waals surface area contributed by atoms with E-state index in [1.54, 1.807) is 30.3 Å². The summed E-state index contributed by atoms with van der Waals surface area (Å²) < 4.78 is 5.53. The Hall–Kier alpha value is -1.33. The molecule has 5 unspecified atom stereocenters. The summed E-state index contributed by atoms with van der Waals surface area (Å²) in [5.41, 5.74) is 0. The van der Waals surface area contributed by atoms with Gasteiger partial charge in [0.15, 0.2) is 0 Å². The molecule has 5 atom stereocenters. The van der Waals surface area contributed by atoms with Crippen molar-refractivity contribution in [3.8, 4) is 5.75 Å². The lowest BCUT2D eigenvalue weighted by Crippen LogP contribution is -2.21. The average Bonchev–Trinajstić information content (AvgIpc) is 2.91. The Morgan fingerprint density at radius 2 is 2.07 bits per heavy atom. The quantitative estimate of drug-likeness (QED) is 0.412. The van der Waals surface area contributed by atoms with Crippen molar-refractivity contribution in [2.24, 2.45) is 11.8 Å². The third kappa shape index (κ3) is 7.30. The van der Waals surface area contributed by atoms with Crippen molar-refractivity contribution >= 4 is 11.6 Å². The number of halogens is 1. The molecule has 1 aliphatic carbocycles. The van der Waals surface area contributed by atoms with Gasteiger partial charge >= 0.3 is 0 Å². The number of benzene rings is 1. The first-order valence-corrected chi connectivity index (χ1v) is 10.1. The van der Waals surface area contributed by atoms with Gasteiger partial charge in [0.25, 0.3) is 0 Å². The summed E-state index contributed by atoms with van der Waals surface area (Å²) in [5.74, 6) is 0.396. The van der Waals surface area contributed by atoms with Gasteiger partial charge in [-0.15, -0.1) is 0 Å². The van der Waals surface area contributed by atoms with E-state index in [4.69, 9.17) is 16.3 Å². The van der Waals surface area contributed by atoms with Gasteiger partial charge in [0.05, 0.1) is 12.2 Å². The van der Waals surface area contributed by atoms with Gasteiger partial charge in [0.1, 0.15) is 18.5 Å². The first kappa shape index (κ1) is 22.0. The van der Waals surface area contributed by atoms with Crippen LogP contribution in [0.1, 0.15) is 39.0 Å². The molecule has 0 heterocycles. The van der Waals surface area contributed by atoms with Crippen LogP contribution in [0.25, 0.3) is 0 Å². The van der Waals surface area contributed by atoms with Crippen molar-refractivity contribution in [1.29, 1.82) is 0 Å². The molecule has 0 radical (unpaired) electrons. The summed E-state index contributed by atoms with van der Waals surface area (Å²) in [4.78, 5) is 0. The first-order chi connectivity index (χ1) is 13.0. The third-order valence-electron chi connectivity index (χ3n) is 4.99. The number of allylic oxidation sites excluding steroid dienone is 2. The Kier molecular flexibility index (Phi) is 9.35. The van der Waals surface area contributed by atoms with Crippen LogP contribution < -0.4 is 4.74 Å². The largest absolute Gasteiger partial charge is 0.491 e. The van der Waals surface area contributed by atoms with E-state index in [0.29, 0.717) is 17.2 Å². The van der Waals surface area contributed by atoms with Crippen LogP contribution in [0.2, 0.25) is 5.02 Å². The number of rotatable bonds is 10. The number of unbranched alkanes of at least 4 members (excludes halogenated alkanes) is 2. The van der Waals surface area contributed by atoms with Crippen LogP contribution >= 0.6 is 11.6 Å². The molecule has 0 bridgehead atoms. The molecule has 0 aliphatic heterocycles. The summed E-state index contributed by atoms with van der Waals surface area (Å²) in [7, 11) is 0. The van der Waals surface area contributed by atoms with Gasteiger partial charge in [0.2, 0.25) is 0 Å². The molecule has 0 saturated heterocycles. The van der Waals surface area contributed by atoms with E-state index < -0.39 is 18.3 Å². The van der Waals surface area contributed by atoms with E-state index in [-0.39, 0.29) is 18.4 Å². The summed E-state index contributed by atoms with van der Waals surface area (Å²) in [6.07, 6.45) is 10.3. The molecule has 1 fully saturated rings. The van der Waals surface area contributed by atoms with Crippen molar-refractivity contribution in [3.05, 3.63) is 53.6 Å². The van der Waals surface area contributed by atoms with Gasteiger partial charge < -0.3 is 20.1 Å². The lowest BCUT2D eigenvalue weighted by atomic mass is 9.89. The standard InChI is InChI=1S/C22H31ClO4/c1-2-3-4-5-6-10-19-20(22(26)14-21(19)25)12-11-17(24)15-27-18-9-7-8-16(23)13-18/h5-9,11-13,17,19-22,24-26H,2-4,10,14-15H2,1H3. The van der Waals surface area contributed by atoms with Gasteiger partial charge in [-0.3, -0.25) is 0 Å². The number of aliphatic hydroxyl groups is 3. The fourth-order valence-electron chi connectivity index (χ4n) is 3.45. The maximum atomic E-state index is 10.3. The van der Waals surface area contributed by atoms with Crippen molar-refractivity contribution < 1.29 is 20.1 Å². The molecule has 5 heteroatoms. The van der Waals surface area contributed by atoms with Crippen molar-refractivity contribution in [1.82, 2.24) is 0 Å². The summed E-state index contributed by atoms with van der Waals surface area (Å²) in [6.45, 7) is 2.26. The molecular weight excluding hydrogens is 364 g/mol. The highest BCUT2D eigenvalue weighted by Gasteiger charge is 2.39. The maximum absolute atomic E-state index is 10.3. The predicted molar refractivity (Wildman–Crippen MR) is 109 cm³/mol. The summed E-state index contributed by atoms with van der Waals surface area (Å²) in [6, 6.07) is 7.01. The zero-order valence-corrected chi connectivity index (χ0v) is 16.6. The molecular formula is C22H31ClO4. The fourth-order valence-corrected chi connectivity index (χ4v) is 3.63. The van der Waals surface area contributed by atoms with Gasteiger partial charge in [-0.2, -0.15) is 0 Å². The second-order valence-electron chi connectivity index (χ2n) is 7.18. The van der Waals surface area contributed by atoms with Crippen LogP contribution in [0.5, 0.6) is 5.75 Å². The minimum atomic E-state index is -0.797. The topological polar surface area (TPSA) is 69.9 Å². The lowest BCUT2D eigenvalue weighted by Gasteiger charge is -2.19. The molecule has 1 aliphatic rings. The lowest BCUT2D eigenvalue weighted by molar-refractivity contribution is 0.120. The maximum Gasteiger partial charge on any atom is 0.120 e. The van der Waals surface area contributed by atoms with E-state index in [0.717, 1.165) is 25.7 Å². The minimum Gasteiger partial charge on any atom is -0.491 e. The Balaban J connectivity index is 1.86. The first-order valence-electron chi connectivity index (χ1n) is 9.77. The Bertz CT molecular complexity index is 616. The van der Waals surface area contributed by atoms with Gasteiger partial charge in [0, 0.05) is 17.4 Å². The average molecular weight is 395 g/mol. The Morgan fingerprint density at radius 1 is 1.26 bits per heavy atom. The summed E-state index contributed by atoms with van der Waals surface area (Å²) in [5, 5.41) is 31.2. The monoisotopic (exact) mass is 394 g/mol. The van der Waals surface area contributed by atoms with Gasteiger partial charge in [-0.05, 0) is 37.0 Å². The molecule has 0 spiro atoms. The number of aliphatic hydroxyl groups excluding tert-OH is 3. The van der Waals surface area contributed by atoms with Crippen molar-refractivity contribution in [3.63, 3.8) is 0 Å². The number of ether oxygens (including phenoxy) is 1. The predicted octanol–water partition coefficient (Wildman–Crippen LogP) is 4.13. The molecule has 0 amide bonds. The Morgan fingerprint density at radius 3 is 2.81 bits per heavy atom. The molecule has 1 aromatic carbocycles. The van der Waals surface area contributed by atoms with Crippen LogP contribution in [-0.4, -0.2) is 40.2 Å². The molecule has 3 N–H and O–H groups in total. The van der Waals surface area contributed by atoms with Gasteiger partial charge in [-0.25, -0.2) is 0 Å². The van der Waals surface area contributed by atoms with Gasteiger partial charge in [-0.1, -0.05) is 61.7 Å². The molecule has 0 aromatic heterocycles. The minimum absolute atomic E-state index is 0.0322. The van der Waals surface area contributed by atoms with Crippen LogP contribution in [-0.2, 0) is 0 Å². The van der Waals surface area contributed by atoms with E-state index in [9.17, 15) is 15.3 Å². The van der Waals surface area contributed by atoms with E-state index in [1.165, 1.54) is 0 Å². The van der Waals surface area contributed by atoms with E-state index in [1.807, 2.05) is 6.08 Å². The van der Waals surface area contributed by atoms with E-state index >= 15 is 0 Å². The zero-order valence-electron chi connectivity index (χ0n) is 15.9. The molecule has 1 aromatic rings. The second-order valence-corrected chi connectivity index (χ2v) is 7.62. The van der Waals surface area contributed by atoms with Crippen molar-refractivity contribution in [2.45, 2.75) is 57.3 Å². The molecule has 150 valence electrons. The Labute approximate surface area is 167 Å². The summed E-state index contributed by atoms with van der Waals surface area (Å²) >= 11 is 5.91. The normalized spacial score (nSPS) is 26.9. The van der Waals surface area contributed by atoms with Crippen molar-refractivity contribution in [2.75, 3.05) is 6.61 Å². The van der Waals surface area contributed by atoms with Crippen LogP contribution in [0.15, 0.2) is 48.6 Å². The second kappa shape index (κ2) is 11.5. The number of hydrogen-bond acceptors (Lipinski definition) is 4. The highest BCUT2D eigenvalue weighted by atomic mass is 35.5.